The average Bonchev–Trinajstić information content (AvgIpc) is 2.78. The van der Waals surface area contributed by atoms with Gasteiger partial charge in [0.2, 0.25) is 5.66 Å². The smallest absolute Gasteiger partial charge is 0.355 e. The number of fused-ring (bicyclic) bond motifs is 3. The Balaban J connectivity index is 2.04. The Morgan fingerprint density at radius 1 is 1.10 bits per heavy atom. The predicted octanol–water partition coefficient (Wildman–Crippen LogP) is 1.93. The van der Waals surface area contributed by atoms with Crippen LogP contribution in [0, 0.1) is 5.82 Å². The van der Waals surface area contributed by atoms with E-state index < -0.39 is 35.4 Å². The molecule has 158 valence electrons. The van der Waals surface area contributed by atoms with Crippen LogP contribution in [0.25, 0.3) is 22.6 Å². The zero-order valence-corrected chi connectivity index (χ0v) is 16.6. The molecule has 0 saturated carbocycles. The Bertz CT molecular complexity index is 1240. The summed E-state index contributed by atoms with van der Waals surface area (Å²) in [7, 11) is 2.35. The molecule has 0 unspecified atom stereocenters. The number of para-hydroxylation sites is 1. The molecule has 31 heavy (non-hydrogen) atoms. The van der Waals surface area contributed by atoms with E-state index in [0.29, 0.717) is 16.8 Å². The molecular weight excluding hydrogens is 407 g/mol. The van der Waals surface area contributed by atoms with Crippen LogP contribution < -0.4 is 10.9 Å². The molecule has 0 amide bonds. The van der Waals surface area contributed by atoms with Gasteiger partial charge in [-0.25, -0.2) is 13.9 Å². The molecule has 1 aliphatic heterocycles. The van der Waals surface area contributed by atoms with Crippen LogP contribution >= 0.6 is 0 Å². The minimum Gasteiger partial charge on any atom is -0.469 e. The molecule has 0 bridgehead atoms. The fourth-order valence-electron chi connectivity index (χ4n) is 3.46. The maximum absolute atomic E-state index is 13.4. The summed E-state index contributed by atoms with van der Waals surface area (Å²) in [6, 6.07) is 11.9. The van der Waals surface area contributed by atoms with Gasteiger partial charge in [0.05, 0.1) is 14.2 Å². The third kappa shape index (κ3) is 3.31. The Hall–Kier alpha value is -4.08. The highest BCUT2D eigenvalue weighted by molar-refractivity contribution is 5.92. The summed E-state index contributed by atoms with van der Waals surface area (Å²) in [6.07, 6.45) is -0.488. The minimum atomic E-state index is -1.86. The summed E-state index contributed by atoms with van der Waals surface area (Å²) in [5, 5.41) is 7.38. The first-order chi connectivity index (χ1) is 14.9. The lowest BCUT2D eigenvalue weighted by Gasteiger charge is -2.38. The number of nitrogens with zero attached hydrogens (tertiary/aromatic N) is 3. The number of ether oxygens (including phenoxy) is 2. The van der Waals surface area contributed by atoms with E-state index in [1.54, 1.807) is 24.3 Å². The SMILES string of the molecule is COC(=O)C[C@]1(C(=O)OC)Nc2ccccc2-c2nc(=O)c(-c3ccc(F)cc3)nn21. The fourth-order valence-corrected chi connectivity index (χ4v) is 3.46. The summed E-state index contributed by atoms with van der Waals surface area (Å²) in [6.45, 7) is 0. The Morgan fingerprint density at radius 3 is 2.48 bits per heavy atom. The van der Waals surface area contributed by atoms with Crippen molar-refractivity contribution < 1.29 is 23.5 Å². The van der Waals surface area contributed by atoms with Gasteiger partial charge in [0, 0.05) is 16.8 Å². The number of nitrogens with one attached hydrogen (secondary N) is 1. The second-order valence-corrected chi connectivity index (χ2v) is 6.78. The monoisotopic (exact) mass is 424 g/mol. The van der Waals surface area contributed by atoms with Crippen molar-refractivity contribution in [1.82, 2.24) is 14.8 Å². The number of benzene rings is 2. The van der Waals surface area contributed by atoms with Gasteiger partial charge in [-0.3, -0.25) is 9.59 Å². The van der Waals surface area contributed by atoms with E-state index in [9.17, 15) is 18.8 Å². The quantitative estimate of drug-likeness (QED) is 0.633. The van der Waals surface area contributed by atoms with Crippen LogP contribution in [0.15, 0.2) is 53.3 Å². The van der Waals surface area contributed by atoms with Crippen molar-refractivity contribution in [1.29, 1.82) is 0 Å². The molecule has 2 heterocycles. The van der Waals surface area contributed by atoms with Crippen LogP contribution in [0.3, 0.4) is 0 Å². The molecule has 0 aliphatic carbocycles. The second-order valence-electron chi connectivity index (χ2n) is 6.78. The Morgan fingerprint density at radius 2 is 1.81 bits per heavy atom. The molecule has 3 aromatic rings. The number of anilines is 1. The average molecular weight is 424 g/mol. The zero-order chi connectivity index (χ0) is 22.2. The third-order valence-corrected chi connectivity index (χ3v) is 4.95. The fraction of sp³-hybridized carbons (Fsp3) is 0.190. The molecule has 0 saturated heterocycles. The number of esters is 2. The largest absolute Gasteiger partial charge is 0.469 e. The number of carbonyl (C=O) groups excluding carboxylic acids is 2. The number of carbonyl (C=O) groups is 2. The van der Waals surface area contributed by atoms with Gasteiger partial charge in [0.1, 0.15) is 12.2 Å². The number of halogens is 1. The standard InChI is InChI=1S/C21H17FN4O5/c1-30-16(27)11-21(20(29)31-2)24-15-6-4-3-5-14(15)18-23-19(28)17(25-26(18)21)12-7-9-13(22)10-8-12/h3-10,24H,11H2,1-2H3/t21-/m0/s1. The molecule has 0 spiro atoms. The highest BCUT2D eigenvalue weighted by Gasteiger charge is 2.50. The first-order valence-corrected chi connectivity index (χ1v) is 9.20. The van der Waals surface area contributed by atoms with Gasteiger partial charge < -0.3 is 14.8 Å². The molecule has 1 aromatic heterocycles. The number of aromatic nitrogens is 3. The van der Waals surface area contributed by atoms with E-state index in [1.165, 1.54) is 38.5 Å². The van der Waals surface area contributed by atoms with E-state index in [4.69, 9.17) is 9.47 Å². The number of hydrogen-bond acceptors (Lipinski definition) is 8. The van der Waals surface area contributed by atoms with Crippen LogP contribution in [0.4, 0.5) is 10.1 Å². The van der Waals surface area contributed by atoms with Gasteiger partial charge in [0.15, 0.2) is 11.5 Å². The first-order valence-electron chi connectivity index (χ1n) is 9.20. The summed E-state index contributed by atoms with van der Waals surface area (Å²) in [5.74, 6) is -1.97. The lowest BCUT2D eigenvalue weighted by molar-refractivity contribution is -0.157. The van der Waals surface area contributed by atoms with E-state index >= 15 is 0 Å². The highest BCUT2D eigenvalue weighted by atomic mass is 19.1. The van der Waals surface area contributed by atoms with Crippen molar-refractivity contribution in [3.63, 3.8) is 0 Å². The van der Waals surface area contributed by atoms with E-state index in [1.807, 2.05) is 0 Å². The topological polar surface area (TPSA) is 112 Å². The van der Waals surface area contributed by atoms with E-state index in [-0.39, 0.29) is 11.5 Å². The maximum Gasteiger partial charge on any atom is 0.355 e. The number of hydrogen-bond donors (Lipinski definition) is 1. The minimum absolute atomic E-state index is 0.0690. The summed E-state index contributed by atoms with van der Waals surface area (Å²) in [4.78, 5) is 42.2. The van der Waals surface area contributed by atoms with Crippen molar-refractivity contribution in [2.45, 2.75) is 12.1 Å². The van der Waals surface area contributed by atoms with Crippen molar-refractivity contribution in [2.75, 3.05) is 19.5 Å². The van der Waals surface area contributed by atoms with Crippen LogP contribution in [0.5, 0.6) is 0 Å². The lowest BCUT2D eigenvalue weighted by Crippen LogP contribution is -2.55. The highest BCUT2D eigenvalue weighted by Crippen LogP contribution is 2.39. The maximum atomic E-state index is 13.4. The molecule has 10 heteroatoms. The molecule has 4 rings (SSSR count). The van der Waals surface area contributed by atoms with Gasteiger partial charge in [0.25, 0.3) is 5.56 Å². The lowest BCUT2D eigenvalue weighted by atomic mass is 9.99. The van der Waals surface area contributed by atoms with Crippen molar-refractivity contribution in [2.24, 2.45) is 0 Å². The molecule has 1 atom stereocenters. The van der Waals surface area contributed by atoms with Crippen molar-refractivity contribution >= 4 is 17.6 Å². The molecular formula is C21H17FN4O5. The molecule has 2 aromatic carbocycles. The molecule has 1 aliphatic rings. The molecule has 0 radical (unpaired) electrons. The van der Waals surface area contributed by atoms with Crippen LogP contribution in [-0.4, -0.2) is 40.9 Å². The molecule has 0 fully saturated rings. The van der Waals surface area contributed by atoms with Crippen molar-refractivity contribution in [3.05, 3.63) is 64.7 Å². The molecule has 9 nitrogen and oxygen atoms in total. The van der Waals surface area contributed by atoms with Crippen LogP contribution in [0.2, 0.25) is 0 Å². The van der Waals surface area contributed by atoms with Crippen LogP contribution in [0.1, 0.15) is 6.42 Å². The van der Waals surface area contributed by atoms with Gasteiger partial charge in [-0.1, -0.05) is 12.1 Å². The Labute approximate surface area is 175 Å². The summed E-state index contributed by atoms with van der Waals surface area (Å²) in [5.41, 5.74) is -1.40. The van der Waals surface area contributed by atoms with Gasteiger partial charge in [-0.15, -0.1) is 0 Å². The number of rotatable bonds is 4. The van der Waals surface area contributed by atoms with Gasteiger partial charge in [-0.05, 0) is 36.4 Å². The normalized spacial score (nSPS) is 16.5. The summed E-state index contributed by atoms with van der Waals surface area (Å²) < 4.78 is 24.3. The zero-order valence-electron chi connectivity index (χ0n) is 16.6. The van der Waals surface area contributed by atoms with Gasteiger partial charge in [-0.2, -0.15) is 10.1 Å². The van der Waals surface area contributed by atoms with E-state index in [2.05, 4.69) is 15.4 Å². The predicted molar refractivity (Wildman–Crippen MR) is 107 cm³/mol. The Kier molecular flexibility index (Phi) is 4.97. The van der Waals surface area contributed by atoms with E-state index in [0.717, 1.165) is 4.68 Å². The third-order valence-electron chi connectivity index (χ3n) is 4.95. The van der Waals surface area contributed by atoms with Crippen LogP contribution in [-0.2, 0) is 24.7 Å². The van der Waals surface area contributed by atoms with Gasteiger partial charge >= 0.3 is 11.9 Å². The van der Waals surface area contributed by atoms with Crippen molar-refractivity contribution in [3.8, 4) is 22.6 Å². The molecule has 1 N–H and O–H groups in total. The second kappa shape index (κ2) is 7.63. The first kappa shape index (κ1) is 20.2. The summed E-state index contributed by atoms with van der Waals surface area (Å²) >= 11 is 0. The number of methoxy groups -OCH3 is 2.